The molecule has 7 aromatic carbocycles. The topological polar surface area (TPSA) is 165 Å². The average Bonchev–Trinajstić information content (AvgIpc) is 3.35. The van der Waals surface area contributed by atoms with Crippen molar-refractivity contribution in [3.8, 4) is 52.0 Å². The number of para-hydroxylation sites is 1. The van der Waals surface area contributed by atoms with Crippen LogP contribution in [0.2, 0.25) is 10.0 Å². The number of rotatable bonds is 11. The van der Waals surface area contributed by atoms with E-state index in [1.807, 2.05) is 91.0 Å². The molecule has 9 aromatic rings. The van der Waals surface area contributed by atoms with Crippen LogP contribution in [0, 0.1) is 22.7 Å². The number of hydrogen-bond acceptors (Lipinski definition) is 10. The third-order valence-corrected chi connectivity index (χ3v) is 10.7. The van der Waals surface area contributed by atoms with Crippen molar-refractivity contribution in [3.05, 3.63) is 208 Å². The minimum atomic E-state index is -0.666. The Balaban J connectivity index is 0.000000188. The van der Waals surface area contributed by atoms with Gasteiger partial charge in [0.05, 0.1) is 43.6 Å². The van der Waals surface area contributed by atoms with Gasteiger partial charge in [-0.2, -0.15) is 10.5 Å². The van der Waals surface area contributed by atoms with Gasteiger partial charge < -0.3 is 24.7 Å². The van der Waals surface area contributed by atoms with E-state index in [1.54, 1.807) is 85.2 Å². The van der Waals surface area contributed by atoms with Crippen molar-refractivity contribution in [1.29, 1.82) is 10.5 Å². The molecular formula is C53H36Cl2N6O5. The molecule has 0 fully saturated rings. The fraction of sp³-hybridized carbons (Fsp3) is 0.0377. The van der Waals surface area contributed by atoms with Crippen molar-refractivity contribution in [2.45, 2.75) is 13.2 Å². The van der Waals surface area contributed by atoms with E-state index in [9.17, 15) is 15.3 Å². The molecule has 13 heteroatoms. The molecule has 0 atom stereocenters. The van der Waals surface area contributed by atoms with E-state index < -0.39 is 6.09 Å². The van der Waals surface area contributed by atoms with Crippen LogP contribution in [0.3, 0.4) is 0 Å². The number of nitriles is 2. The van der Waals surface area contributed by atoms with Gasteiger partial charge in [-0.05, 0) is 82.9 Å². The van der Waals surface area contributed by atoms with E-state index in [0.717, 1.165) is 33.2 Å². The number of nitrogens with one attached hydrogen (secondary N) is 1. The molecule has 11 nitrogen and oxygen atoms in total. The number of nitrogens with two attached hydrogens (primary N) is 1. The Hall–Kier alpha value is -8.61. The molecule has 0 bridgehead atoms. The maximum absolute atomic E-state index is 12.2. The van der Waals surface area contributed by atoms with Crippen molar-refractivity contribution >= 4 is 62.5 Å². The first-order chi connectivity index (χ1) is 32.2. The fourth-order valence-corrected chi connectivity index (χ4v) is 7.16. The lowest BCUT2D eigenvalue weighted by atomic mass is 9.99. The summed E-state index contributed by atoms with van der Waals surface area (Å²) < 4.78 is 23.1. The number of pyridine rings is 2. The van der Waals surface area contributed by atoms with Gasteiger partial charge in [0.25, 0.3) is 0 Å². The predicted molar refractivity (Wildman–Crippen MR) is 257 cm³/mol. The van der Waals surface area contributed by atoms with Gasteiger partial charge in [-0.1, -0.05) is 108 Å². The van der Waals surface area contributed by atoms with Crippen LogP contribution in [0.1, 0.15) is 22.3 Å². The molecule has 0 aliphatic heterocycles. The monoisotopic (exact) mass is 906 g/mol. The Kier molecular flexibility index (Phi) is 13.8. The number of halogens is 2. The van der Waals surface area contributed by atoms with Crippen LogP contribution < -0.4 is 30.0 Å². The summed E-state index contributed by atoms with van der Waals surface area (Å²) in [6.45, 7) is 0.712. The highest BCUT2D eigenvalue weighted by Crippen LogP contribution is 2.37. The standard InChI is InChI=1S/C30H20ClN3O4.C23H16ClN3O/c31-25-16-23(11-12-26(25)34-30(35)38-22-9-5-2-6-10-22)37-28-13-14-33-27-17-29(21(18-32)15-24(27)28)36-19-20-7-3-1-4-8-20;24-20-11-16(6-7-21(20)26)18-8-9-27-22-12-23(17(13-25)10-19(18)22)28-14-15-4-2-1-3-5-15/h1-17H,19H2,(H,34,35);1-12H,14,26H2. The van der Waals surface area contributed by atoms with E-state index in [-0.39, 0.29) is 5.02 Å². The molecule has 0 saturated heterocycles. The molecule has 3 N–H and O–H groups in total. The smallest absolute Gasteiger partial charge is 0.417 e. The van der Waals surface area contributed by atoms with Crippen LogP contribution in [0.4, 0.5) is 16.2 Å². The highest BCUT2D eigenvalue weighted by molar-refractivity contribution is 6.34. The molecule has 0 spiro atoms. The van der Waals surface area contributed by atoms with Crippen LogP contribution >= 0.6 is 23.2 Å². The first-order valence-corrected chi connectivity index (χ1v) is 21.1. The number of benzene rings is 7. The van der Waals surface area contributed by atoms with Gasteiger partial charge in [-0.3, -0.25) is 15.3 Å². The zero-order chi connectivity index (χ0) is 45.8. The Labute approximate surface area is 389 Å². The number of amides is 1. The normalized spacial score (nSPS) is 10.5. The van der Waals surface area contributed by atoms with Crippen LogP contribution in [0.25, 0.3) is 32.9 Å². The lowest BCUT2D eigenvalue weighted by Crippen LogP contribution is -2.16. The van der Waals surface area contributed by atoms with Gasteiger partial charge in [0.1, 0.15) is 54.1 Å². The third kappa shape index (κ3) is 10.8. The minimum Gasteiger partial charge on any atom is -0.487 e. The van der Waals surface area contributed by atoms with E-state index in [1.165, 1.54) is 0 Å². The van der Waals surface area contributed by atoms with E-state index >= 15 is 0 Å². The summed E-state index contributed by atoms with van der Waals surface area (Å²) in [5, 5.41) is 24.2. The van der Waals surface area contributed by atoms with E-state index in [4.69, 9.17) is 47.9 Å². The highest BCUT2D eigenvalue weighted by atomic mass is 35.5. The summed E-state index contributed by atoms with van der Waals surface area (Å²) in [7, 11) is 0. The van der Waals surface area contributed by atoms with Crippen molar-refractivity contribution in [1.82, 2.24) is 9.97 Å². The van der Waals surface area contributed by atoms with Crippen molar-refractivity contribution in [2.24, 2.45) is 0 Å². The molecule has 0 unspecified atom stereocenters. The van der Waals surface area contributed by atoms with Crippen LogP contribution in [-0.4, -0.2) is 16.1 Å². The van der Waals surface area contributed by atoms with Crippen LogP contribution in [0.15, 0.2) is 176 Å². The molecule has 66 heavy (non-hydrogen) atoms. The highest BCUT2D eigenvalue weighted by Gasteiger charge is 2.15. The van der Waals surface area contributed by atoms with E-state index in [0.29, 0.717) is 80.4 Å². The molecule has 0 aliphatic rings. The van der Waals surface area contributed by atoms with Gasteiger partial charge in [-0.15, -0.1) is 0 Å². The molecule has 9 rings (SSSR count). The zero-order valence-electron chi connectivity index (χ0n) is 34.8. The fourth-order valence-electron chi connectivity index (χ4n) is 6.76. The maximum atomic E-state index is 12.2. The van der Waals surface area contributed by atoms with Crippen LogP contribution in [0.5, 0.6) is 28.7 Å². The molecule has 0 radical (unpaired) electrons. The molecule has 2 aromatic heterocycles. The Morgan fingerprint density at radius 3 is 1.76 bits per heavy atom. The first-order valence-electron chi connectivity index (χ1n) is 20.3. The number of hydrogen-bond donors (Lipinski definition) is 2. The average molecular weight is 908 g/mol. The number of nitrogens with zero attached hydrogens (tertiary/aromatic N) is 4. The van der Waals surface area contributed by atoms with Crippen LogP contribution in [-0.2, 0) is 13.2 Å². The van der Waals surface area contributed by atoms with Crippen molar-refractivity contribution in [3.63, 3.8) is 0 Å². The number of carbonyl (C=O) groups excluding carboxylic acids is 1. The minimum absolute atomic E-state index is 0.264. The lowest BCUT2D eigenvalue weighted by Gasteiger charge is -2.13. The summed E-state index contributed by atoms with van der Waals surface area (Å²) in [5.41, 5.74) is 12.7. The summed E-state index contributed by atoms with van der Waals surface area (Å²) in [5.74, 6) is 2.29. The molecular weight excluding hydrogens is 872 g/mol. The quantitative estimate of drug-likeness (QED) is 0.119. The number of nitrogen functional groups attached to an aromatic ring is 1. The Morgan fingerprint density at radius 1 is 0.591 bits per heavy atom. The number of aromatic nitrogens is 2. The molecule has 2 heterocycles. The number of ether oxygens (including phenoxy) is 4. The SMILES string of the molecule is N#Cc1cc2c(-c3ccc(N)c(Cl)c3)ccnc2cc1OCc1ccccc1.N#Cc1cc2c(Oc3ccc(NC(=O)Oc4ccccc4)c(Cl)c3)ccnc2cc1OCc1ccccc1. The number of anilines is 2. The predicted octanol–water partition coefficient (Wildman–Crippen LogP) is 13.3. The lowest BCUT2D eigenvalue weighted by molar-refractivity contribution is 0.215. The van der Waals surface area contributed by atoms with Gasteiger partial charge in [0.15, 0.2) is 0 Å². The number of fused-ring (bicyclic) bond motifs is 2. The van der Waals surface area contributed by atoms with Gasteiger partial charge in [0, 0.05) is 41.4 Å². The van der Waals surface area contributed by atoms with Gasteiger partial charge >= 0.3 is 6.09 Å². The van der Waals surface area contributed by atoms with Gasteiger partial charge in [0.2, 0.25) is 0 Å². The molecule has 0 saturated carbocycles. The number of carbonyl (C=O) groups is 1. The van der Waals surface area contributed by atoms with Crippen molar-refractivity contribution < 1.29 is 23.7 Å². The first kappa shape index (κ1) is 44.0. The third-order valence-electron chi connectivity index (χ3n) is 10.0. The summed E-state index contributed by atoms with van der Waals surface area (Å²) in [6, 6.07) is 53.6. The summed E-state index contributed by atoms with van der Waals surface area (Å²) in [6.07, 6.45) is 2.68. The van der Waals surface area contributed by atoms with E-state index in [2.05, 4.69) is 27.4 Å². The second-order valence-electron chi connectivity index (χ2n) is 14.5. The summed E-state index contributed by atoms with van der Waals surface area (Å²) in [4.78, 5) is 21.1. The molecule has 1 amide bonds. The van der Waals surface area contributed by atoms with Gasteiger partial charge in [-0.25, -0.2) is 4.79 Å². The molecule has 322 valence electrons. The second-order valence-corrected chi connectivity index (χ2v) is 15.3. The summed E-state index contributed by atoms with van der Waals surface area (Å²) >= 11 is 12.6. The Morgan fingerprint density at radius 2 is 1.17 bits per heavy atom. The Bertz CT molecular complexity index is 3270. The second kappa shape index (κ2) is 20.7. The largest absolute Gasteiger partial charge is 0.487 e. The molecule has 0 aliphatic carbocycles. The van der Waals surface area contributed by atoms with Crippen molar-refractivity contribution in [2.75, 3.05) is 11.1 Å². The maximum Gasteiger partial charge on any atom is 0.417 e. The zero-order valence-corrected chi connectivity index (χ0v) is 36.3.